The molecule has 0 bridgehead atoms. The molecule has 0 saturated carbocycles. The fourth-order valence-electron chi connectivity index (χ4n) is 2.38. The third-order valence-electron chi connectivity index (χ3n) is 3.43. The number of nitrogens with one attached hydrogen (secondary N) is 1. The van der Waals surface area contributed by atoms with E-state index in [4.69, 9.17) is 0 Å². The molecule has 106 valence electrons. The van der Waals surface area contributed by atoms with Crippen molar-refractivity contribution < 1.29 is 8.78 Å². The van der Waals surface area contributed by atoms with Crippen molar-refractivity contribution in [3.05, 3.63) is 65.9 Å². The van der Waals surface area contributed by atoms with E-state index >= 15 is 0 Å². The van der Waals surface area contributed by atoms with Crippen LogP contribution in [0.15, 0.2) is 48.7 Å². The van der Waals surface area contributed by atoms with Crippen LogP contribution in [0.5, 0.6) is 0 Å². The first-order valence-electron chi connectivity index (χ1n) is 6.77. The van der Waals surface area contributed by atoms with Crippen molar-refractivity contribution in [1.29, 1.82) is 0 Å². The van der Waals surface area contributed by atoms with Gasteiger partial charge < -0.3 is 5.32 Å². The molecule has 3 rings (SSSR count). The Bertz CT molecular complexity index is 800. The number of hydrogen-bond acceptors (Lipinski definition) is 2. The highest BCUT2D eigenvalue weighted by Gasteiger charge is 2.10. The van der Waals surface area contributed by atoms with Gasteiger partial charge in [-0.25, -0.2) is 8.78 Å². The van der Waals surface area contributed by atoms with Gasteiger partial charge in [0.2, 0.25) is 0 Å². The van der Waals surface area contributed by atoms with Gasteiger partial charge in [-0.3, -0.25) is 4.98 Å². The van der Waals surface area contributed by atoms with E-state index < -0.39 is 11.6 Å². The number of hydrogen-bond donors (Lipinski definition) is 1. The van der Waals surface area contributed by atoms with Crippen LogP contribution in [0.25, 0.3) is 10.9 Å². The van der Waals surface area contributed by atoms with Crippen LogP contribution in [0.3, 0.4) is 0 Å². The van der Waals surface area contributed by atoms with Crippen LogP contribution >= 0.6 is 0 Å². The highest BCUT2D eigenvalue weighted by atomic mass is 19.1. The molecule has 0 radical (unpaired) electrons. The summed E-state index contributed by atoms with van der Waals surface area (Å²) in [4.78, 5) is 3.99. The van der Waals surface area contributed by atoms with Gasteiger partial charge in [-0.1, -0.05) is 25.1 Å². The van der Waals surface area contributed by atoms with Gasteiger partial charge in [0.15, 0.2) is 5.82 Å². The van der Waals surface area contributed by atoms with E-state index in [1.165, 1.54) is 12.3 Å². The van der Waals surface area contributed by atoms with Gasteiger partial charge in [0, 0.05) is 29.0 Å². The van der Waals surface area contributed by atoms with Crippen molar-refractivity contribution in [3.63, 3.8) is 0 Å². The quantitative estimate of drug-likeness (QED) is 0.746. The number of halogens is 2. The second-order valence-corrected chi connectivity index (χ2v) is 4.78. The second kappa shape index (κ2) is 5.48. The standard InChI is InChI=1S/C17H14F2N2/c1-2-11-5-3-4-6-15(11)21-16-7-8-20-17-13(16)9-12(18)10-14(17)19/h3-10H,2H2,1H3,(H,20,21). The van der Waals surface area contributed by atoms with Crippen LogP contribution in [0, 0.1) is 11.6 Å². The summed E-state index contributed by atoms with van der Waals surface area (Å²) in [5.41, 5.74) is 2.87. The highest BCUT2D eigenvalue weighted by molar-refractivity contribution is 5.93. The van der Waals surface area contributed by atoms with E-state index in [1.54, 1.807) is 6.07 Å². The van der Waals surface area contributed by atoms with Gasteiger partial charge in [0.05, 0.1) is 0 Å². The molecule has 1 heterocycles. The van der Waals surface area contributed by atoms with Crippen molar-refractivity contribution in [1.82, 2.24) is 4.98 Å². The molecule has 21 heavy (non-hydrogen) atoms. The Morgan fingerprint density at radius 3 is 2.67 bits per heavy atom. The predicted molar refractivity (Wildman–Crippen MR) is 80.8 cm³/mol. The number of fused-ring (bicyclic) bond motifs is 1. The number of aromatic nitrogens is 1. The molecular formula is C17H14F2N2. The summed E-state index contributed by atoms with van der Waals surface area (Å²) >= 11 is 0. The van der Waals surface area contributed by atoms with Crippen molar-refractivity contribution >= 4 is 22.3 Å². The molecule has 0 fully saturated rings. The summed E-state index contributed by atoms with van der Waals surface area (Å²) in [6.07, 6.45) is 2.38. The lowest BCUT2D eigenvalue weighted by atomic mass is 10.1. The molecule has 0 amide bonds. The van der Waals surface area contributed by atoms with Gasteiger partial charge >= 0.3 is 0 Å². The Kier molecular flexibility index (Phi) is 3.52. The largest absolute Gasteiger partial charge is 0.355 e. The third-order valence-corrected chi connectivity index (χ3v) is 3.43. The third kappa shape index (κ3) is 2.57. The van der Waals surface area contributed by atoms with E-state index in [1.807, 2.05) is 24.3 Å². The minimum absolute atomic E-state index is 0.162. The van der Waals surface area contributed by atoms with Crippen molar-refractivity contribution in [3.8, 4) is 0 Å². The van der Waals surface area contributed by atoms with Gasteiger partial charge in [-0.05, 0) is 30.2 Å². The molecule has 1 aromatic heterocycles. The Morgan fingerprint density at radius 1 is 1.05 bits per heavy atom. The van der Waals surface area contributed by atoms with Crippen LogP contribution in [0.4, 0.5) is 20.2 Å². The fraction of sp³-hybridized carbons (Fsp3) is 0.118. The maximum Gasteiger partial charge on any atom is 0.152 e. The first-order valence-corrected chi connectivity index (χ1v) is 6.77. The lowest BCUT2D eigenvalue weighted by Gasteiger charge is -2.13. The summed E-state index contributed by atoms with van der Waals surface area (Å²) in [5.74, 6) is -1.27. The van der Waals surface area contributed by atoms with Crippen LogP contribution in [0.2, 0.25) is 0 Å². The van der Waals surface area contributed by atoms with E-state index in [-0.39, 0.29) is 5.52 Å². The summed E-state index contributed by atoms with van der Waals surface area (Å²) < 4.78 is 27.2. The smallest absolute Gasteiger partial charge is 0.152 e. The molecule has 0 aliphatic heterocycles. The summed E-state index contributed by atoms with van der Waals surface area (Å²) in [6, 6.07) is 11.7. The average Bonchev–Trinajstić information content (AvgIpc) is 2.48. The van der Waals surface area contributed by atoms with Crippen molar-refractivity contribution in [2.45, 2.75) is 13.3 Å². The normalized spacial score (nSPS) is 10.8. The second-order valence-electron chi connectivity index (χ2n) is 4.78. The van der Waals surface area contributed by atoms with Gasteiger partial charge in [-0.15, -0.1) is 0 Å². The molecule has 2 aromatic carbocycles. The zero-order valence-corrected chi connectivity index (χ0v) is 11.5. The minimum Gasteiger partial charge on any atom is -0.355 e. The van der Waals surface area contributed by atoms with Crippen LogP contribution in [-0.4, -0.2) is 4.98 Å². The summed E-state index contributed by atoms with van der Waals surface area (Å²) in [5, 5.41) is 3.68. The van der Waals surface area contributed by atoms with Gasteiger partial charge in [-0.2, -0.15) is 0 Å². The Morgan fingerprint density at radius 2 is 1.86 bits per heavy atom. The molecule has 0 aliphatic carbocycles. The molecule has 3 aromatic rings. The first-order chi connectivity index (χ1) is 10.2. The highest BCUT2D eigenvalue weighted by Crippen LogP contribution is 2.29. The predicted octanol–water partition coefficient (Wildman–Crippen LogP) is 4.82. The number of benzene rings is 2. The summed E-state index contributed by atoms with van der Waals surface area (Å²) in [7, 11) is 0. The topological polar surface area (TPSA) is 24.9 Å². The number of para-hydroxylation sites is 1. The number of pyridine rings is 1. The Balaban J connectivity index is 2.13. The van der Waals surface area contributed by atoms with E-state index in [0.29, 0.717) is 11.1 Å². The van der Waals surface area contributed by atoms with Crippen molar-refractivity contribution in [2.24, 2.45) is 0 Å². The van der Waals surface area contributed by atoms with Crippen LogP contribution in [0.1, 0.15) is 12.5 Å². The zero-order chi connectivity index (χ0) is 14.8. The van der Waals surface area contributed by atoms with E-state index in [9.17, 15) is 8.78 Å². The number of anilines is 2. The Labute approximate surface area is 121 Å². The molecule has 4 heteroatoms. The molecule has 0 atom stereocenters. The number of nitrogens with zero attached hydrogens (tertiary/aromatic N) is 1. The number of rotatable bonds is 3. The van der Waals surface area contributed by atoms with Gasteiger partial charge in [0.25, 0.3) is 0 Å². The SMILES string of the molecule is CCc1ccccc1Nc1ccnc2c(F)cc(F)cc12. The Hall–Kier alpha value is -2.49. The monoisotopic (exact) mass is 284 g/mol. The average molecular weight is 284 g/mol. The first kappa shape index (κ1) is 13.5. The fourth-order valence-corrected chi connectivity index (χ4v) is 2.38. The lowest BCUT2D eigenvalue weighted by Crippen LogP contribution is -1.97. The lowest BCUT2D eigenvalue weighted by molar-refractivity contribution is 0.590. The molecule has 0 aliphatic rings. The zero-order valence-electron chi connectivity index (χ0n) is 11.5. The molecule has 2 nitrogen and oxygen atoms in total. The van der Waals surface area contributed by atoms with E-state index in [2.05, 4.69) is 17.2 Å². The molecule has 1 N–H and O–H groups in total. The van der Waals surface area contributed by atoms with Crippen LogP contribution in [-0.2, 0) is 6.42 Å². The minimum atomic E-state index is -0.655. The molecule has 0 spiro atoms. The number of aryl methyl sites for hydroxylation is 1. The van der Waals surface area contributed by atoms with Crippen LogP contribution < -0.4 is 5.32 Å². The summed E-state index contributed by atoms with van der Waals surface area (Å²) in [6.45, 7) is 2.06. The molecule has 0 saturated heterocycles. The molecular weight excluding hydrogens is 270 g/mol. The van der Waals surface area contributed by atoms with E-state index in [0.717, 1.165) is 23.7 Å². The van der Waals surface area contributed by atoms with Gasteiger partial charge in [0.1, 0.15) is 11.3 Å². The van der Waals surface area contributed by atoms with Crippen molar-refractivity contribution in [2.75, 3.05) is 5.32 Å². The molecule has 0 unspecified atom stereocenters. The maximum absolute atomic E-state index is 13.8. The maximum atomic E-state index is 13.8.